The molecule has 0 bridgehead atoms. The van der Waals surface area contributed by atoms with E-state index in [1.165, 1.54) is 0 Å². The number of halogens is 5. The van der Waals surface area contributed by atoms with Gasteiger partial charge in [-0.05, 0) is 187 Å². The third-order valence-electron chi connectivity index (χ3n) is 16.6. The second-order valence-electron chi connectivity index (χ2n) is 25.3. The number of pyridine rings is 4. The van der Waals surface area contributed by atoms with E-state index in [0.29, 0.717) is 99.5 Å². The predicted molar refractivity (Wildman–Crippen MR) is 339 cm³/mol. The van der Waals surface area contributed by atoms with Crippen molar-refractivity contribution >= 4 is 53.1 Å². The molecule has 0 amide bonds. The second kappa shape index (κ2) is 35.1. The van der Waals surface area contributed by atoms with Gasteiger partial charge in [-0.25, -0.2) is 19.6 Å². The van der Waals surface area contributed by atoms with Crippen LogP contribution in [0.15, 0.2) is 60.9 Å². The Kier molecular flexibility index (Phi) is 28.5. The van der Waals surface area contributed by atoms with Crippen molar-refractivity contribution in [2.45, 2.75) is 187 Å². The normalized spacial score (nSPS) is 21.1. The first-order valence-corrected chi connectivity index (χ1v) is 32.0. The number of carboxylic acids is 1. The van der Waals surface area contributed by atoms with Crippen LogP contribution in [0.5, 0.6) is 0 Å². The van der Waals surface area contributed by atoms with Crippen LogP contribution in [0.4, 0.5) is 24.8 Å². The third kappa shape index (κ3) is 24.5. The highest BCUT2D eigenvalue weighted by molar-refractivity contribution is 6.33. The van der Waals surface area contributed by atoms with Crippen LogP contribution in [0.2, 0.25) is 10.0 Å². The number of esters is 1. The van der Waals surface area contributed by atoms with E-state index in [1.807, 2.05) is 64.1 Å². The van der Waals surface area contributed by atoms with Crippen LogP contribution in [0.1, 0.15) is 137 Å². The van der Waals surface area contributed by atoms with E-state index in [0.717, 1.165) is 123 Å². The number of aromatic nitrogens is 4. The molecule has 8 rings (SSSR count). The molecule has 4 fully saturated rings. The summed E-state index contributed by atoms with van der Waals surface area (Å²) in [5, 5.41) is 43.6. The van der Waals surface area contributed by atoms with Gasteiger partial charge in [-0.3, -0.25) is 14.8 Å². The summed E-state index contributed by atoms with van der Waals surface area (Å²) in [7, 11) is 0. The van der Waals surface area contributed by atoms with Crippen molar-refractivity contribution in [3.8, 4) is 34.7 Å². The topological polar surface area (TPSA) is 265 Å². The molecule has 19 nitrogen and oxygen atoms in total. The van der Waals surface area contributed by atoms with Gasteiger partial charge in [-0.15, -0.1) is 0 Å². The Morgan fingerprint density at radius 1 is 0.689 bits per heavy atom. The van der Waals surface area contributed by atoms with E-state index in [1.54, 1.807) is 26.2 Å². The minimum Gasteiger partial charge on any atom is -0.479 e. The molecular weight excluding hydrogens is 1200 g/mol. The van der Waals surface area contributed by atoms with Gasteiger partial charge in [0.25, 0.3) is 0 Å². The predicted octanol–water partition coefficient (Wildman–Crippen LogP) is 12.2. The van der Waals surface area contributed by atoms with E-state index >= 15 is 0 Å². The number of nitriles is 2. The lowest BCUT2D eigenvalue weighted by molar-refractivity contribution is -0.167. The lowest BCUT2D eigenvalue weighted by Crippen LogP contribution is -2.42. The number of ether oxygens (including phenoxy) is 5. The van der Waals surface area contributed by atoms with Gasteiger partial charge in [0.15, 0.2) is 12.2 Å². The fourth-order valence-electron chi connectivity index (χ4n) is 11.3. The zero-order valence-corrected chi connectivity index (χ0v) is 54.3. The van der Waals surface area contributed by atoms with Gasteiger partial charge in [0.1, 0.15) is 17.2 Å². The SMILES string of the molecule is C[C@H](OC[C@H](C)NC1CCC(Cc2cc(-c3cccc(NCC4(C#N)CCOCC4)n3)c(Cl)cn2)CC1)C(=O)O.C[C@H](OC[C@H](C)NC1CCC(Cc2cc(-c3cccc(NCC4(C#N)CCOCC4)n3)c(Cl)cn2)CC1)C(=O)OC(C)(C)C.O=CC(F)(F)F. The highest BCUT2D eigenvalue weighted by Crippen LogP contribution is 2.36. The summed E-state index contributed by atoms with van der Waals surface area (Å²) >= 11 is 13.2. The first kappa shape index (κ1) is 73.0. The van der Waals surface area contributed by atoms with E-state index < -0.39 is 47.1 Å². The smallest absolute Gasteiger partial charge is 0.446 e. The molecular formula is C66H89Cl2F3N10O9. The van der Waals surface area contributed by atoms with Crippen molar-refractivity contribution in [2.75, 3.05) is 63.4 Å². The van der Waals surface area contributed by atoms with Gasteiger partial charge in [-0.2, -0.15) is 23.7 Å². The van der Waals surface area contributed by atoms with E-state index in [-0.39, 0.29) is 18.1 Å². The largest absolute Gasteiger partial charge is 0.479 e. The fraction of sp³-hybridized carbons (Fsp3) is 0.621. The maximum absolute atomic E-state index is 12.2. The van der Waals surface area contributed by atoms with Crippen LogP contribution >= 0.6 is 23.2 Å². The quantitative estimate of drug-likeness (QED) is 0.0322. The number of hydrogen-bond acceptors (Lipinski definition) is 18. The van der Waals surface area contributed by atoms with E-state index in [2.05, 4.69) is 62.4 Å². The van der Waals surface area contributed by atoms with Crippen molar-refractivity contribution in [2.24, 2.45) is 22.7 Å². The number of hydrogen-bond donors (Lipinski definition) is 5. The van der Waals surface area contributed by atoms with Gasteiger partial charge < -0.3 is 50.1 Å². The number of carboxylic acid groups (broad SMARTS) is 1. The Bertz CT molecular complexity index is 3010. The Morgan fingerprint density at radius 3 is 1.43 bits per heavy atom. The molecule has 5 N–H and O–H groups in total. The summed E-state index contributed by atoms with van der Waals surface area (Å²) in [6.07, 6.45) is 9.73. The highest BCUT2D eigenvalue weighted by Gasteiger charge is 2.35. The molecule has 0 radical (unpaired) electrons. The molecule has 90 heavy (non-hydrogen) atoms. The Balaban J connectivity index is 0.000000263. The van der Waals surface area contributed by atoms with Gasteiger partial charge in [0.05, 0.1) is 57.6 Å². The highest BCUT2D eigenvalue weighted by atomic mass is 35.5. The fourth-order valence-corrected chi connectivity index (χ4v) is 11.7. The number of anilines is 2. The number of rotatable bonds is 24. The zero-order valence-electron chi connectivity index (χ0n) is 52.8. The summed E-state index contributed by atoms with van der Waals surface area (Å²) in [6, 6.07) is 21.8. The van der Waals surface area contributed by atoms with Gasteiger partial charge in [0, 0.05) is 98.6 Å². The van der Waals surface area contributed by atoms with Crippen molar-refractivity contribution < 1.29 is 56.3 Å². The molecule has 6 heterocycles. The standard InChI is InChI=1S/C34H48ClN5O4.C30H40ClN5O4.C2HF3O/c1-23(20-43-24(2)32(41)44-33(3,4)5)39-26-11-9-25(10-12-26)17-27-18-28(29(35)19-37-27)30-7-6-8-31(40-30)38-22-34(21-36)13-15-42-16-14-34;1-20(17-40-21(2)29(37)38)35-23-8-6-22(7-9-23)14-24-15-25(26(31)16-33-24)27-4-3-5-28(36-27)34-19-30(18-32)10-12-39-13-11-30;3-2(4,5)1-6/h6-8,18-19,23-26,39H,9-17,20,22H2,1-5H3,(H,38,40);3-5,15-16,20-23,35H,6-14,17,19H2,1-2H3,(H,34,36)(H,37,38);1H/t23-,24-,25?,26?;20-,21-,22?,23?;/m00./s1. The van der Waals surface area contributed by atoms with Crippen molar-refractivity contribution in [1.29, 1.82) is 10.5 Å². The average Bonchev–Trinajstić information content (AvgIpc) is 1.19. The van der Waals surface area contributed by atoms with Gasteiger partial charge in [-0.1, -0.05) is 35.3 Å². The van der Waals surface area contributed by atoms with Crippen LogP contribution in [-0.2, 0) is 50.9 Å². The summed E-state index contributed by atoms with van der Waals surface area (Å²) in [5.74, 6) is 1.27. The third-order valence-corrected chi connectivity index (χ3v) is 17.2. The van der Waals surface area contributed by atoms with Gasteiger partial charge >= 0.3 is 18.1 Å². The molecule has 2 aliphatic carbocycles. The molecule has 4 aromatic heterocycles. The molecule has 4 atom stereocenters. The minimum absolute atomic E-state index is 0.101. The molecule has 0 spiro atoms. The molecule has 4 aromatic rings. The van der Waals surface area contributed by atoms with Crippen LogP contribution in [-0.4, -0.2) is 144 Å². The first-order valence-electron chi connectivity index (χ1n) is 31.2. The summed E-state index contributed by atoms with van der Waals surface area (Å²) in [5.41, 5.74) is 3.92. The zero-order chi connectivity index (χ0) is 65.5. The number of nitrogens with one attached hydrogen (secondary N) is 4. The monoisotopic (exact) mass is 1290 g/mol. The molecule has 2 saturated heterocycles. The minimum atomic E-state index is -4.64. The number of aldehydes is 1. The molecule has 0 aromatic carbocycles. The van der Waals surface area contributed by atoms with Gasteiger partial charge in [0.2, 0.25) is 6.29 Å². The average molecular weight is 1290 g/mol. The van der Waals surface area contributed by atoms with Crippen LogP contribution in [0.25, 0.3) is 22.5 Å². The molecule has 0 unspecified atom stereocenters. The molecule has 492 valence electrons. The Morgan fingerprint density at radius 2 is 1.08 bits per heavy atom. The van der Waals surface area contributed by atoms with Crippen LogP contribution < -0.4 is 21.3 Å². The summed E-state index contributed by atoms with van der Waals surface area (Å²) in [6.45, 7) is 17.3. The summed E-state index contributed by atoms with van der Waals surface area (Å²) < 4.78 is 58.7. The van der Waals surface area contributed by atoms with Crippen molar-refractivity contribution in [1.82, 2.24) is 30.6 Å². The number of carbonyl (C=O) groups is 3. The number of alkyl halides is 3. The molecule has 4 aliphatic rings. The second-order valence-corrected chi connectivity index (χ2v) is 26.1. The molecule has 2 aliphatic heterocycles. The Labute approximate surface area is 537 Å². The molecule has 24 heteroatoms. The maximum atomic E-state index is 12.2. The number of aliphatic carboxylic acids is 1. The summed E-state index contributed by atoms with van der Waals surface area (Å²) in [4.78, 5) is 50.7. The Hall–Kier alpha value is -6.08. The molecule has 2 saturated carbocycles. The number of carbonyl (C=O) groups excluding carboxylic acids is 2. The van der Waals surface area contributed by atoms with Crippen LogP contribution in [0, 0.1) is 45.3 Å². The van der Waals surface area contributed by atoms with Crippen molar-refractivity contribution in [3.63, 3.8) is 0 Å². The lowest BCUT2D eigenvalue weighted by Gasteiger charge is -2.31. The van der Waals surface area contributed by atoms with E-state index in [4.69, 9.17) is 66.8 Å². The first-order chi connectivity index (χ1) is 42.8. The van der Waals surface area contributed by atoms with Crippen LogP contribution in [0.3, 0.4) is 0 Å². The maximum Gasteiger partial charge on any atom is 0.446 e. The lowest BCUT2D eigenvalue weighted by atomic mass is 9.82. The number of nitrogens with zero attached hydrogens (tertiary/aromatic N) is 6. The van der Waals surface area contributed by atoms with Crippen molar-refractivity contribution in [3.05, 3.63) is 82.4 Å². The van der Waals surface area contributed by atoms with E-state index in [9.17, 15) is 33.3 Å².